The Labute approximate surface area is 141 Å². The quantitative estimate of drug-likeness (QED) is 0.767. The molecule has 0 bridgehead atoms. The molecule has 0 unspecified atom stereocenters. The number of alkyl halides is 3. The number of amides is 1. The maximum atomic E-state index is 13.1. The molecule has 1 N–H and O–H groups in total. The molecule has 2 aliphatic rings. The maximum Gasteiger partial charge on any atom is 0.412 e. The molecule has 0 spiro atoms. The van der Waals surface area contributed by atoms with E-state index in [4.69, 9.17) is 4.74 Å². The van der Waals surface area contributed by atoms with Crippen LogP contribution in [-0.2, 0) is 4.74 Å². The topological polar surface area (TPSA) is 41.6 Å². The van der Waals surface area contributed by atoms with E-state index in [1.165, 1.54) is 6.08 Å². The van der Waals surface area contributed by atoms with Crippen LogP contribution in [0.1, 0.15) is 52.9 Å². The van der Waals surface area contributed by atoms with Crippen molar-refractivity contribution in [3.05, 3.63) is 11.6 Å². The molecule has 0 aromatic heterocycles. The highest BCUT2D eigenvalue weighted by atomic mass is 19.4. The number of ether oxygens (including phenoxy) is 1. The first-order chi connectivity index (χ1) is 11.1. The second kappa shape index (κ2) is 7.33. The van der Waals surface area contributed by atoms with Crippen LogP contribution >= 0.6 is 0 Å². The number of hydrogen-bond acceptors (Lipinski definition) is 3. The van der Waals surface area contributed by atoms with Gasteiger partial charge in [-0.2, -0.15) is 13.2 Å². The van der Waals surface area contributed by atoms with Crippen molar-refractivity contribution in [2.45, 2.75) is 76.7 Å². The van der Waals surface area contributed by atoms with Crippen molar-refractivity contribution < 1.29 is 22.7 Å². The minimum atomic E-state index is -4.30. The Morgan fingerprint density at radius 1 is 1.21 bits per heavy atom. The van der Waals surface area contributed by atoms with Crippen molar-refractivity contribution in [2.75, 3.05) is 13.1 Å². The molecule has 1 aliphatic heterocycles. The number of nitrogens with zero attached hydrogens (tertiary/aromatic N) is 1. The minimum absolute atomic E-state index is 0.0794. The van der Waals surface area contributed by atoms with Crippen molar-refractivity contribution in [2.24, 2.45) is 0 Å². The third-order valence-electron chi connectivity index (χ3n) is 4.44. The molecule has 24 heavy (non-hydrogen) atoms. The number of halogens is 3. The van der Waals surface area contributed by atoms with Crippen molar-refractivity contribution in [3.63, 3.8) is 0 Å². The van der Waals surface area contributed by atoms with E-state index in [0.29, 0.717) is 0 Å². The van der Waals surface area contributed by atoms with Crippen LogP contribution in [0.2, 0.25) is 0 Å². The molecule has 0 aromatic carbocycles. The standard InChI is InChI=1S/C17H27F3N2O2/c1-16(2,3)24-15(23)21-13-8-7-12(17(18,19)20)11-14(13)22-9-5-4-6-10-22/h7,13-14H,4-6,8-11H2,1-3H3,(H,21,23)/t13-,14-/m0/s1. The Balaban J connectivity index is 2.10. The lowest BCUT2D eigenvalue weighted by Crippen LogP contribution is -2.55. The highest BCUT2D eigenvalue weighted by Gasteiger charge is 2.41. The molecule has 1 saturated heterocycles. The first-order valence-electron chi connectivity index (χ1n) is 8.56. The van der Waals surface area contributed by atoms with Crippen LogP contribution in [0.25, 0.3) is 0 Å². The Kier molecular flexibility index (Phi) is 5.83. The molecule has 0 radical (unpaired) electrons. The molecule has 1 heterocycles. The van der Waals surface area contributed by atoms with Gasteiger partial charge in [-0.3, -0.25) is 4.90 Å². The summed E-state index contributed by atoms with van der Waals surface area (Å²) >= 11 is 0. The van der Waals surface area contributed by atoms with Gasteiger partial charge in [0.25, 0.3) is 0 Å². The van der Waals surface area contributed by atoms with Gasteiger partial charge in [0, 0.05) is 11.6 Å². The molecule has 1 aliphatic carbocycles. The Morgan fingerprint density at radius 2 is 1.83 bits per heavy atom. The molecule has 0 saturated carbocycles. The Morgan fingerprint density at radius 3 is 2.38 bits per heavy atom. The van der Waals surface area contributed by atoms with Crippen LogP contribution < -0.4 is 5.32 Å². The summed E-state index contributed by atoms with van der Waals surface area (Å²) < 4.78 is 44.5. The zero-order valence-electron chi connectivity index (χ0n) is 14.6. The monoisotopic (exact) mass is 348 g/mol. The van der Waals surface area contributed by atoms with E-state index in [2.05, 4.69) is 10.2 Å². The second-order valence-electron chi connectivity index (χ2n) is 7.58. The number of nitrogens with one attached hydrogen (secondary N) is 1. The SMILES string of the molecule is CC(C)(C)OC(=O)N[C@H]1CC=C(C(F)(F)F)C[C@@H]1N1CCCCC1. The van der Waals surface area contributed by atoms with Crippen molar-refractivity contribution >= 4 is 6.09 Å². The lowest BCUT2D eigenvalue weighted by atomic mass is 9.87. The van der Waals surface area contributed by atoms with Gasteiger partial charge >= 0.3 is 12.3 Å². The van der Waals surface area contributed by atoms with Crippen molar-refractivity contribution in [3.8, 4) is 0 Å². The van der Waals surface area contributed by atoms with Crippen LogP contribution in [0.4, 0.5) is 18.0 Å². The smallest absolute Gasteiger partial charge is 0.412 e. The fourth-order valence-corrected chi connectivity index (χ4v) is 3.36. The van der Waals surface area contributed by atoms with Gasteiger partial charge in [0.2, 0.25) is 0 Å². The number of carbonyl (C=O) groups is 1. The summed E-state index contributed by atoms with van der Waals surface area (Å²) in [7, 11) is 0. The predicted octanol–water partition coefficient (Wildman–Crippen LogP) is 4.02. The molecule has 1 fully saturated rings. The van der Waals surface area contributed by atoms with Crippen LogP contribution in [-0.4, -0.2) is 47.9 Å². The largest absolute Gasteiger partial charge is 0.444 e. The molecule has 4 nitrogen and oxygen atoms in total. The van der Waals surface area contributed by atoms with Gasteiger partial charge in [-0.25, -0.2) is 4.79 Å². The number of likely N-dealkylation sites (tertiary alicyclic amines) is 1. The number of rotatable bonds is 2. The van der Waals surface area contributed by atoms with Crippen LogP contribution in [0, 0.1) is 0 Å². The van der Waals surface area contributed by atoms with Gasteiger partial charge in [-0.15, -0.1) is 0 Å². The molecule has 138 valence electrons. The summed E-state index contributed by atoms with van der Waals surface area (Å²) in [4.78, 5) is 14.1. The molecule has 1 amide bonds. The summed E-state index contributed by atoms with van der Waals surface area (Å²) in [5, 5.41) is 2.78. The second-order valence-corrected chi connectivity index (χ2v) is 7.58. The minimum Gasteiger partial charge on any atom is -0.444 e. The molecule has 7 heteroatoms. The normalized spacial score (nSPS) is 26.7. The zero-order valence-corrected chi connectivity index (χ0v) is 14.6. The van der Waals surface area contributed by atoms with E-state index < -0.39 is 23.4 Å². The van der Waals surface area contributed by atoms with Gasteiger partial charge in [0.1, 0.15) is 5.60 Å². The Bertz CT molecular complexity index is 477. The molecule has 2 atom stereocenters. The summed E-state index contributed by atoms with van der Waals surface area (Å²) in [6.07, 6.45) is -0.484. The number of piperidine rings is 1. The van der Waals surface area contributed by atoms with Gasteiger partial charge in [0.15, 0.2) is 0 Å². The van der Waals surface area contributed by atoms with E-state index in [0.717, 1.165) is 32.4 Å². The molecule has 2 rings (SSSR count). The zero-order chi connectivity index (χ0) is 18.0. The van der Waals surface area contributed by atoms with Crippen molar-refractivity contribution in [1.29, 1.82) is 0 Å². The van der Waals surface area contributed by atoms with Gasteiger partial charge in [-0.05, 0) is 59.5 Å². The van der Waals surface area contributed by atoms with Gasteiger partial charge < -0.3 is 10.1 Å². The van der Waals surface area contributed by atoms with Crippen LogP contribution in [0.5, 0.6) is 0 Å². The maximum absolute atomic E-state index is 13.1. The summed E-state index contributed by atoms with van der Waals surface area (Å²) in [6.45, 7) is 6.84. The van der Waals surface area contributed by atoms with E-state index in [9.17, 15) is 18.0 Å². The average Bonchev–Trinajstić information content (AvgIpc) is 2.45. The van der Waals surface area contributed by atoms with Gasteiger partial charge in [0.05, 0.1) is 6.04 Å². The fraction of sp³-hybridized carbons (Fsp3) is 0.824. The van der Waals surface area contributed by atoms with E-state index in [1.807, 2.05) is 0 Å². The number of alkyl carbamates (subject to hydrolysis) is 1. The predicted molar refractivity (Wildman–Crippen MR) is 85.7 cm³/mol. The summed E-state index contributed by atoms with van der Waals surface area (Å²) in [5.74, 6) is 0. The third-order valence-corrected chi connectivity index (χ3v) is 4.44. The lowest BCUT2D eigenvalue weighted by Gasteiger charge is -2.42. The fourth-order valence-electron chi connectivity index (χ4n) is 3.36. The van der Waals surface area contributed by atoms with E-state index >= 15 is 0 Å². The Hall–Kier alpha value is -1.24. The van der Waals surface area contributed by atoms with Crippen LogP contribution in [0.15, 0.2) is 11.6 Å². The first-order valence-corrected chi connectivity index (χ1v) is 8.56. The highest BCUT2D eigenvalue weighted by Crippen LogP contribution is 2.35. The number of hydrogen-bond donors (Lipinski definition) is 1. The summed E-state index contributed by atoms with van der Waals surface area (Å²) in [6, 6.07) is -0.691. The molecule has 0 aromatic rings. The van der Waals surface area contributed by atoms with E-state index in [-0.39, 0.29) is 24.9 Å². The first kappa shape index (κ1) is 19.1. The van der Waals surface area contributed by atoms with E-state index in [1.54, 1.807) is 20.8 Å². The molecular formula is C17H27F3N2O2. The van der Waals surface area contributed by atoms with Crippen molar-refractivity contribution in [1.82, 2.24) is 10.2 Å². The third kappa shape index (κ3) is 5.40. The number of carbonyl (C=O) groups excluding carboxylic acids is 1. The highest BCUT2D eigenvalue weighted by molar-refractivity contribution is 5.68. The lowest BCUT2D eigenvalue weighted by molar-refractivity contribution is -0.0981. The van der Waals surface area contributed by atoms with Crippen LogP contribution in [0.3, 0.4) is 0 Å². The van der Waals surface area contributed by atoms with Gasteiger partial charge in [-0.1, -0.05) is 12.5 Å². The summed E-state index contributed by atoms with van der Waals surface area (Å²) in [5.41, 5.74) is -1.12. The molecular weight excluding hydrogens is 321 g/mol. The average molecular weight is 348 g/mol.